The maximum absolute atomic E-state index is 13.0. The summed E-state index contributed by atoms with van der Waals surface area (Å²) in [7, 11) is 4.18. The molecule has 2 rings (SSSR count). The van der Waals surface area contributed by atoms with Crippen molar-refractivity contribution in [2.75, 3.05) is 32.5 Å². The first-order chi connectivity index (χ1) is 11.4. The Morgan fingerprint density at radius 1 is 1.21 bits per heavy atom. The third-order valence-corrected chi connectivity index (χ3v) is 4.71. The van der Waals surface area contributed by atoms with Gasteiger partial charge in [-0.15, -0.1) is 0 Å². The Kier molecular flexibility index (Phi) is 7.30. The predicted octanol–water partition coefficient (Wildman–Crippen LogP) is 3.06. The van der Waals surface area contributed by atoms with Crippen LogP contribution >= 0.6 is 35.6 Å². The first-order valence-electron chi connectivity index (χ1n) is 7.51. The molecule has 0 unspecified atom stereocenters. The average Bonchev–Trinajstić information content (AvgIpc) is 2.51. The normalized spacial score (nSPS) is 10.7. The molecule has 0 aliphatic heterocycles. The molecule has 128 valence electrons. The maximum Gasteiger partial charge on any atom is 0.171 e. The molecule has 0 atom stereocenters. The Hall–Kier alpha value is -1.34. The molecule has 2 aromatic carbocycles. The van der Waals surface area contributed by atoms with E-state index >= 15 is 0 Å². The quantitative estimate of drug-likeness (QED) is 0.667. The predicted molar refractivity (Wildman–Crippen MR) is 104 cm³/mol. The fourth-order valence-electron chi connectivity index (χ4n) is 1.91. The van der Waals surface area contributed by atoms with Gasteiger partial charge in [0.25, 0.3) is 0 Å². The Balaban J connectivity index is 2.06. The van der Waals surface area contributed by atoms with Crippen LogP contribution in [0.2, 0.25) is 5.02 Å². The van der Waals surface area contributed by atoms with Gasteiger partial charge in [0.2, 0.25) is 0 Å². The summed E-state index contributed by atoms with van der Waals surface area (Å²) in [5.41, 5.74) is 0.825. The molecule has 0 heterocycles. The van der Waals surface area contributed by atoms with E-state index in [0.29, 0.717) is 10.1 Å². The molecule has 3 N–H and O–H groups in total. The summed E-state index contributed by atoms with van der Waals surface area (Å²) < 4.78 is 13.0. The number of hydrogen-bond donors (Lipinski definition) is 3. The number of halogens is 2. The van der Waals surface area contributed by atoms with Crippen molar-refractivity contribution in [1.82, 2.24) is 5.32 Å². The summed E-state index contributed by atoms with van der Waals surface area (Å²) in [6.45, 7) is 1.75. The molecule has 0 fully saturated rings. The van der Waals surface area contributed by atoms with E-state index < -0.39 is 0 Å². The van der Waals surface area contributed by atoms with Gasteiger partial charge in [-0.05, 0) is 54.7 Å². The van der Waals surface area contributed by atoms with Crippen LogP contribution < -0.4 is 15.5 Å². The number of benzene rings is 2. The molecule has 0 radical (unpaired) electrons. The van der Waals surface area contributed by atoms with Crippen molar-refractivity contribution >= 4 is 46.4 Å². The lowest BCUT2D eigenvalue weighted by Crippen LogP contribution is -3.06. The molecule has 0 aromatic heterocycles. The molecule has 0 aliphatic rings. The summed E-state index contributed by atoms with van der Waals surface area (Å²) >= 11 is 13.0. The van der Waals surface area contributed by atoms with Crippen molar-refractivity contribution in [3.63, 3.8) is 0 Å². The molecule has 0 saturated heterocycles. The standard InChI is InChI=1S/C17H19ClFN3S2/c1-22(2)10-9-20-17(23)21-15-11-12(18)3-8-16(15)24-14-6-4-13(19)5-7-14/h3-8,11H,9-10H2,1-2H3,(H2,20,21,23)/p+1. The van der Waals surface area contributed by atoms with Crippen LogP contribution in [-0.2, 0) is 0 Å². The SMILES string of the molecule is C[NH+](C)CCNC(=S)Nc1cc(Cl)ccc1Sc1ccc(F)cc1. The lowest BCUT2D eigenvalue weighted by molar-refractivity contribution is -0.856. The summed E-state index contributed by atoms with van der Waals surface area (Å²) in [6.07, 6.45) is 0. The van der Waals surface area contributed by atoms with Crippen molar-refractivity contribution < 1.29 is 9.29 Å². The summed E-state index contributed by atoms with van der Waals surface area (Å²) in [6, 6.07) is 12.0. The van der Waals surface area contributed by atoms with Gasteiger partial charge in [-0.3, -0.25) is 0 Å². The highest BCUT2D eigenvalue weighted by Crippen LogP contribution is 2.35. The average molecular weight is 385 g/mol. The number of likely N-dealkylation sites (N-methyl/N-ethyl adjacent to an activating group) is 1. The zero-order valence-electron chi connectivity index (χ0n) is 13.5. The highest BCUT2D eigenvalue weighted by Gasteiger charge is 2.08. The molecule has 3 nitrogen and oxygen atoms in total. The Morgan fingerprint density at radius 3 is 2.58 bits per heavy atom. The topological polar surface area (TPSA) is 28.5 Å². The zero-order valence-corrected chi connectivity index (χ0v) is 15.9. The van der Waals surface area contributed by atoms with E-state index in [1.54, 1.807) is 12.1 Å². The van der Waals surface area contributed by atoms with Crippen LogP contribution in [0.3, 0.4) is 0 Å². The second kappa shape index (κ2) is 9.22. The maximum atomic E-state index is 13.0. The molecule has 24 heavy (non-hydrogen) atoms. The minimum absolute atomic E-state index is 0.248. The Morgan fingerprint density at radius 2 is 1.92 bits per heavy atom. The van der Waals surface area contributed by atoms with E-state index in [9.17, 15) is 4.39 Å². The number of hydrogen-bond acceptors (Lipinski definition) is 2. The second-order valence-corrected chi connectivity index (χ2v) is 7.49. The van der Waals surface area contributed by atoms with Crippen molar-refractivity contribution in [2.24, 2.45) is 0 Å². The van der Waals surface area contributed by atoms with Gasteiger partial charge in [0.1, 0.15) is 5.82 Å². The molecule has 0 aliphatic carbocycles. The number of quaternary nitrogens is 1. The molecule has 0 amide bonds. The zero-order chi connectivity index (χ0) is 17.5. The molecule has 0 spiro atoms. The summed E-state index contributed by atoms with van der Waals surface area (Å²) in [4.78, 5) is 3.26. The third kappa shape index (κ3) is 6.28. The fraction of sp³-hybridized carbons (Fsp3) is 0.235. The highest BCUT2D eigenvalue weighted by atomic mass is 35.5. The van der Waals surface area contributed by atoms with Gasteiger partial charge in [-0.25, -0.2) is 4.39 Å². The van der Waals surface area contributed by atoms with E-state index in [1.807, 2.05) is 18.2 Å². The van der Waals surface area contributed by atoms with Crippen LogP contribution in [0.4, 0.5) is 10.1 Å². The van der Waals surface area contributed by atoms with Gasteiger partial charge in [0.05, 0.1) is 32.9 Å². The highest BCUT2D eigenvalue weighted by molar-refractivity contribution is 7.99. The van der Waals surface area contributed by atoms with E-state index in [1.165, 1.54) is 28.8 Å². The number of nitrogens with one attached hydrogen (secondary N) is 3. The summed E-state index contributed by atoms with van der Waals surface area (Å²) in [5, 5.41) is 7.55. The van der Waals surface area contributed by atoms with Gasteiger partial charge in [-0.1, -0.05) is 23.4 Å². The van der Waals surface area contributed by atoms with Gasteiger partial charge in [0.15, 0.2) is 5.11 Å². The van der Waals surface area contributed by atoms with Crippen LogP contribution in [0.25, 0.3) is 0 Å². The number of thiocarbonyl (C=S) groups is 1. The molecule has 0 saturated carbocycles. The van der Waals surface area contributed by atoms with Crippen molar-refractivity contribution in [3.05, 3.63) is 53.3 Å². The van der Waals surface area contributed by atoms with Crippen LogP contribution in [0.5, 0.6) is 0 Å². The number of rotatable bonds is 6. The van der Waals surface area contributed by atoms with Crippen LogP contribution in [0.15, 0.2) is 52.3 Å². The Bertz CT molecular complexity index is 693. The lowest BCUT2D eigenvalue weighted by Gasteiger charge is -2.15. The van der Waals surface area contributed by atoms with Crippen LogP contribution in [0, 0.1) is 5.82 Å². The molecule has 7 heteroatoms. The lowest BCUT2D eigenvalue weighted by atomic mass is 10.3. The van der Waals surface area contributed by atoms with E-state index in [-0.39, 0.29) is 5.82 Å². The third-order valence-electron chi connectivity index (χ3n) is 3.14. The first-order valence-corrected chi connectivity index (χ1v) is 9.11. The van der Waals surface area contributed by atoms with Crippen molar-refractivity contribution in [3.8, 4) is 0 Å². The molecule has 2 aromatic rings. The minimum atomic E-state index is -0.248. The van der Waals surface area contributed by atoms with E-state index in [2.05, 4.69) is 24.7 Å². The second-order valence-electron chi connectivity index (χ2n) is 5.53. The largest absolute Gasteiger partial charge is 0.357 e. The Labute approximate surface area is 156 Å². The van der Waals surface area contributed by atoms with Gasteiger partial charge in [0, 0.05) is 14.8 Å². The smallest absolute Gasteiger partial charge is 0.171 e. The molecular weight excluding hydrogens is 365 g/mol. The summed E-state index contributed by atoms with van der Waals surface area (Å²) in [5.74, 6) is -0.248. The van der Waals surface area contributed by atoms with Crippen molar-refractivity contribution in [1.29, 1.82) is 0 Å². The van der Waals surface area contributed by atoms with E-state index in [4.69, 9.17) is 23.8 Å². The monoisotopic (exact) mass is 384 g/mol. The van der Waals surface area contributed by atoms with Gasteiger partial charge in [-0.2, -0.15) is 0 Å². The number of anilines is 1. The van der Waals surface area contributed by atoms with Gasteiger partial charge < -0.3 is 15.5 Å². The van der Waals surface area contributed by atoms with Crippen LogP contribution in [-0.4, -0.2) is 32.3 Å². The van der Waals surface area contributed by atoms with Crippen molar-refractivity contribution in [2.45, 2.75) is 9.79 Å². The first kappa shape index (κ1) is 19.0. The minimum Gasteiger partial charge on any atom is -0.357 e. The molecule has 0 bridgehead atoms. The van der Waals surface area contributed by atoms with E-state index in [0.717, 1.165) is 28.6 Å². The van der Waals surface area contributed by atoms with Crippen LogP contribution in [0.1, 0.15) is 0 Å². The molecular formula is C17H20ClFN3S2+. The van der Waals surface area contributed by atoms with Gasteiger partial charge >= 0.3 is 0 Å². The fourth-order valence-corrected chi connectivity index (χ4v) is 3.18.